The molecular weight excluding hydrogens is 260 g/mol. The number of carbonyl (C=O) groups excluding carboxylic acids is 1. The number of allylic oxidation sites excluding steroid dienone is 2. The van der Waals surface area contributed by atoms with Crippen molar-refractivity contribution in [2.75, 3.05) is 7.11 Å². The fraction of sp³-hybridized carbons (Fsp3) is 0.211. The molecule has 0 aliphatic heterocycles. The van der Waals surface area contributed by atoms with Crippen LogP contribution in [0.15, 0.2) is 54.6 Å². The Labute approximate surface area is 124 Å². The first-order chi connectivity index (χ1) is 10.3. The van der Waals surface area contributed by atoms with E-state index >= 15 is 0 Å². The third-order valence-corrected chi connectivity index (χ3v) is 4.64. The molecule has 0 fully saturated rings. The first kappa shape index (κ1) is 12.4. The molecule has 2 atom stereocenters. The Balaban J connectivity index is 1.76. The van der Waals surface area contributed by atoms with Gasteiger partial charge >= 0.3 is 5.97 Å². The van der Waals surface area contributed by atoms with Crippen LogP contribution in [-0.2, 0) is 4.74 Å². The molecule has 2 aliphatic rings. The molecule has 0 saturated heterocycles. The summed E-state index contributed by atoms with van der Waals surface area (Å²) in [5.41, 5.74) is 6.00. The molecule has 0 radical (unpaired) electrons. The molecule has 2 heteroatoms. The second-order valence-electron chi connectivity index (χ2n) is 5.72. The molecule has 0 heterocycles. The van der Waals surface area contributed by atoms with Crippen molar-refractivity contribution in [2.24, 2.45) is 0 Å². The number of fused-ring (bicyclic) bond motifs is 5. The SMILES string of the molecule is COC(=O)c1ccc2c(c1)C1CC2C=C1c1ccccc1. The van der Waals surface area contributed by atoms with Gasteiger partial charge in [0, 0.05) is 11.8 Å². The number of carbonyl (C=O) groups is 1. The number of benzene rings is 2. The van der Waals surface area contributed by atoms with Gasteiger partial charge in [-0.1, -0.05) is 42.5 Å². The molecule has 2 nitrogen and oxygen atoms in total. The Hall–Kier alpha value is -2.35. The minimum Gasteiger partial charge on any atom is -0.465 e. The number of esters is 1. The van der Waals surface area contributed by atoms with Crippen molar-refractivity contribution >= 4 is 11.5 Å². The molecule has 0 spiro atoms. The van der Waals surface area contributed by atoms with Gasteiger partial charge in [0.1, 0.15) is 0 Å². The minimum atomic E-state index is -0.259. The number of hydrogen-bond acceptors (Lipinski definition) is 2. The van der Waals surface area contributed by atoms with Gasteiger partial charge in [-0.2, -0.15) is 0 Å². The van der Waals surface area contributed by atoms with Crippen molar-refractivity contribution in [1.82, 2.24) is 0 Å². The van der Waals surface area contributed by atoms with Gasteiger partial charge in [0.25, 0.3) is 0 Å². The van der Waals surface area contributed by atoms with Gasteiger partial charge in [-0.25, -0.2) is 4.79 Å². The maximum Gasteiger partial charge on any atom is 0.337 e. The summed E-state index contributed by atoms with van der Waals surface area (Å²) in [7, 11) is 1.43. The van der Waals surface area contributed by atoms with Gasteiger partial charge in [0.05, 0.1) is 12.7 Å². The highest BCUT2D eigenvalue weighted by molar-refractivity contribution is 5.90. The molecule has 2 unspecified atom stereocenters. The largest absolute Gasteiger partial charge is 0.465 e. The minimum absolute atomic E-state index is 0.259. The van der Waals surface area contributed by atoms with E-state index in [2.05, 4.69) is 36.4 Å². The van der Waals surface area contributed by atoms with Crippen LogP contribution < -0.4 is 0 Å². The summed E-state index contributed by atoms with van der Waals surface area (Å²) >= 11 is 0. The Morgan fingerprint density at radius 1 is 1.10 bits per heavy atom. The van der Waals surface area contributed by atoms with Crippen molar-refractivity contribution in [3.63, 3.8) is 0 Å². The van der Waals surface area contributed by atoms with Crippen LogP contribution in [-0.4, -0.2) is 13.1 Å². The zero-order valence-electron chi connectivity index (χ0n) is 11.9. The Morgan fingerprint density at radius 3 is 2.67 bits per heavy atom. The Morgan fingerprint density at radius 2 is 1.90 bits per heavy atom. The van der Waals surface area contributed by atoms with Crippen LogP contribution >= 0.6 is 0 Å². The topological polar surface area (TPSA) is 26.3 Å². The van der Waals surface area contributed by atoms with E-state index in [0.717, 1.165) is 6.42 Å². The van der Waals surface area contributed by atoms with Crippen molar-refractivity contribution in [1.29, 1.82) is 0 Å². The second-order valence-corrected chi connectivity index (χ2v) is 5.72. The summed E-state index contributed by atoms with van der Waals surface area (Å²) < 4.78 is 4.83. The van der Waals surface area contributed by atoms with E-state index in [-0.39, 0.29) is 5.97 Å². The molecular formula is C19H16O2. The summed E-state index contributed by atoms with van der Waals surface area (Å²) in [5, 5.41) is 0. The van der Waals surface area contributed by atoms with Crippen LogP contribution in [0.25, 0.3) is 5.57 Å². The lowest BCUT2D eigenvalue weighted by Crippen LogP contribution is -2.05. The van der Waals surface area contributed by atoms with E-state index in [1.807, 2.05) is 18.2 Å². The van der Waals surface area contributed by atoms with Crippen LogP contribution in [0.3, 0.4) is 0 Å². The van der Waals surface area contributed by atoms with Crippen LogP contribution in [0.4, 0.5) is 0 Å². The quantitative estimate of drug-likeness (QED) is 0.770. The molecule has 21 heavy (non-hydrogen) atoms. The summed E-state index contributed by atoms with van der Waals surface area (Å²) in [4.78, 5) is 11.7. The Kier molecular flexibility index (Phi) is 2.71. The fourth-order valence-corrected chi connectivity index (χ4v) is 3.68. The first-order valence-electron chi connectivity index (χ1n) is 7.27. The summed E-state index contributed by atoms with van der Waals surface area (Å²) in [6, 6.07) is 16.5. The maximum absolute atomic E-state index is 11.7. The monoisotopic (exact) mass is 276 g/mol. The predicted octanol–water partition coefficient (Wildman–Crippen LogP) is 4.14. The molecule has 0 amide bonds. The average Bonchev–Trinajstić information content (AvgIpc) is 3.13. The first-order valence-corrected chi connectivity index (χ1v) is 7.27. The van der Waals surface area contributed by atoms with Gasteiger partial charge in [0.2, 0.25) is 0 Å². The number of methoxy groups -OCH3 is 1. The van der Waals surface area contributed by atoms with Crippen LogP contribution in [0.1, 0.15) is 45.3 Å². The molecule has 0 saturated carbocycles. The molecule has 2 bridgehead atoms. The lowest BCUT2D eigenvalue weighted by atomic mass is 9.86. The highest BCUT2D eigenvalue weighted by Gasteiger charge is 2.38. The standard InChI is InChI=1S/C19H16O2/c1-21-19(20)13-7-8-15-14-10-16(12-5-3-2-4-6-12)18(11-14)17(15)9-13/h2-10,14,18H,11H2,1H3. The zero-order valence-corrected chi connectivity index (χ0v) is 11.9. The van der Waals surface area contributed by atoms with E-state index in [1.165, 1.54) is 29.4 Å². The molecule has 0 aromatic heterocycles. The van der Waals surface area contributed by atoms with Gasteiger partial charge < -0.3 is 4.74 Å². The Bertz CT molecular complexity index is 743. The highest BCUT2D eigenvalue weighted by atomic mass is 16.5. The average molecular weight is 276 g/mol. The van der Waals surface area contributed by atoms with Gasteiger partial charge in [-0.05, 0) is 40.8 Å². The fourth-order valence-electron chi connectivity index (χ4n) is 3.68. The summed E-state index contributed by atoms with van der Waals surface area (Å²) in [6.07, 6.45) is 3.52. The van der Waals surface area contributed by atoms with E-state index in [0.29, 0.717) is 17.4 Å². The third-order valence-electron chi connectivity index (χ3n) is 4.64. The molecule has 2 aromatic rings. The van der Waals surface area contributed by atoms with Crippen LogP contribution in [0.5, 0.6) is 0 Å². The van der Waals surface area contributed by atoms with Crippen molar-refractivity contribution in [2.45, 2.75) is 18.3 Å². The number of hydrogen-bond donors (Lipinski definition) is 0. The molecule has 0 N–H and O–H groups in total. The predicted molar refractivity (Wildman–Crippen MR) is 82.3 cm³/mol. The number of ether oxygens (including phenoxy) is 1. The lowest BCUT2D eigenvalue weighted by Gasteiger charge is -2.18. The van der Waals surface area contributed by atoms with Crippen molar-refractivity contribution < 1.29 is 9.53 Å². The second kappa shape index (κ2) is 4.59. The smallest absolute Gasteiger partial charge is 0.337 e. The van der Waals surface area contributed by atoms with E-state index in [4.69, 9.17) is 4.74 Å². The molecule has 2 aromatic carbocycles. The maximum atomic E-state index is 11.7. The van der Waals surface area contributed by atoms with E-state index in [1.54, 1.807) is 0 Å². The zero-order chi connectivity index (χ0) is 14.4. The van der Waals surface area contributed by atoms with Crippen molar-refractivity contribution in [3.05, 3.63) is 76.9 Å². The number of rotatable bonds is 2. The van der Waals surface area contributed by atoms with Crippen LogP contribution in [0.2, 0.25) is 0 Å². The van der Waals surface area contributed by atoms with Gasteiger partial charge in [-0.3, -0.25) is 0 Å². The van der Waals surface area contributed by atoms with E-state index < -0.39 is 0 Å². The molecule has 4 rings (SSSR count). The molecule has 2 aliphatic carbocycles. The van der Waals surface area contributed by atoms with Crippen LogP contribution in [0, 0.1) is 0 Å². The third kappa shape index (κ3) is 1.83. The lowest BCUT2D eigenvalue weighted by molar-refractivity contribution is 0.0600. The van der Waals surface area contributed by atoms with Crippen molar-refractivity contribution in [3.8, 4) is 0 Å². The van der Waals surface area contributed by atoms with E-state index in [9.17, 15) is 4.79 Å². The highest BCUT2D eigenvalue weighted by Crippen LogP contribution is 2.55. The van der Waals surface area contributed by atoms with Gasteiger partial charge in [0.15, 0.2) is 0 Å². The summed E-state index contributed by atoms with van der Waals surface area (Å²) in [5.74, 6) is 0.648. The summed E-state index contributed by atoms with van der Waals surface area (Å²) in [6.45, 7) is 0. The van der Waals surface area contributed by atoms with Gasteiger partial charge in [-0.15, -0.1) is 0 Å². The normalized spacial score (nSPS) is 21.9. The molecule has 104 valence electrons.